The molecular formula is C7H10N6O2S. The monoisotopic (exact) mass is 242 g/mol. The lowest BCUT2D eigenvalue weighted by atomic mass is 10.6. The van der Waals surface area contributed by atoms with Crippen LogP contribution in [0.15, 0.2) is 23.6 Å². The fourth-order valence-corrected chi connectivity index (χ4v) is 1.98. The van der Waals surface area contributed by atoms with E-state index in [1.807, 2.05) is 0 Å². The Morgan fingerprint density at radius 3 is 2.94 bits per heavy atom. The van der Waals surface area contributed by atoms with Gasteiger partial charge in [-0.25, -0.2) is 18.1 Å². The van der Waals surface area contributed by atoms with Gasteiger partial charge < -0.3 is 0 Å². The summed E-state index contributed by atoms with van der Waals surface area (Å²) in [5.41, 5.74) is 0. The van der Waals surface area contributed by atoms with Gasteiger partial charge in [0.2, 0.25) is 10.0 Å². The van der Waals surface area contributed by atoms with Crippen LogP contribution in [-0.4, -0.2) is 33.4 Å². The van der Waals surface area contributed by atoms with Gasteiger partial charge in [-0.1, -0.05) is 0 Å². The molecule has 0 saturated heterocycles. The number of nitrogens with one attached hydrogen (secondary N) is 2. The number of H-pyrrole nitrogens is 1. The number of hydrogen-bond acceptors (Lipinski definition) is 5. The Balaban J connectivity index is 2.06. The third kappa shape index (κ3) is 2.25. The van der Waals surface area contributed by atoms with E-state index in [2.05, 4.69) is 25.0 Å². The fraction of sp³-hybridized carbons (Fsp3) is 0.286. The molecule has 0 bridgehead atoms. The van der Waals surface area contributed by atoms with Crippen molar-refractivity contribution in [3.8, 4) is 0 Å². The fourth-order valence-electron chi connectivity index (χ4n) is 1.09. The zero-order chi connectivity index (χ0) is 11.6. The van der Waals surface area contributed by atoms with Crippen LogP contribution in [0.3, 0.4) is 0 Å². The summed E-state index contributed by atoms with van der Waals surface area (Å²) in [7, 11) is -1.83. The van der Waals surface area contributed by atoms with Crippen LogP contribution in [0.25, 0.3) is 0 Å². The maximum absolute atomic E-state index is 11.6. The van der Waals surface area contributed by atoms with Crippen molar-refractivity contribution in [3.05, 3.63) is 24.5 Å². The zero-order valence-corrected chi connectivity index (χ0v) is 9.27. The molecule has 2 aromatic rings. The molecule has 9 heteroatoms. The molecule has 2 N–H and O–H groups in total. The first-order valence-corrected chi connectivity index (χ1v) is 5.89. The highest BCUT2D eigenvalue weighted by Gasteiger charge is 2.15. The van der Waals surface area contributed by atoms with Crippen molar-refractivity contribution in [1.82, 2.24) is 29.7 Å². The van der Waals surface area contributed by atoms with Crippen LogP contribution in [-0.2, 0) is 23.6 Å². The number of hydrogen-bond donors (Lipinski definition) is 2. The third-order valence-corrected chi connectivity index (χ3v) is 3.22. The van der Waals surface area contributed by atoms with E-state index >= 15 is 0 Å². The molecule has 0 aliphatic heterocycles. The van der Waals surface area contributed by atoms with E-state index in [1.54, 1.807) is 7.05 Å². The van der Waals surface area contributed by atoms with Crippen molar-refractivity contribution in [3.63, 3.8) is 0 Å². The predicted octanol–water partition coefficient (Wildman–Crippen LogP) is -0.983. The van der Waals surface area contributed by atoms with Crippen LogP contribution < -0.4 is 4.72 Å². The molecule has 2 heterocycles. The topological polar surface area (TPSA) is 106 Å². The molecule has 0 spiro atoms. The van der Waals surface area contributed by atoms with Gasteiger partial charge in [-0.15, -0.1) is 0 Å². The summed E-state index contributed by atoms with van der Waals surface area (Å²) in [5, 5.41) is 9.95. The lowest BCUT2D eigenvalue weighted by Crippen LogP contribution is -2.23. The maximum Gasteiger partial charge on any atom is 0.244 e. The van der Waals surface area contributed by atoms with Gasteiger partial charge in [-0.3, -0.25) is 9.78 Å². The number of aromatic amines is 1. The summed E-state index contributed by atoms with van der Waals surface area (Å²) in [5.74, 6) is 0.412. The predicted molar refractivity (Wildman–Crippen MR) is 53.6 cm³/mol. The Morgan fingerprint density at radius 1 is 1.56 bits per heavy atom. The minimum atomic E-state index is -3.54. The average molecular weight is 242 g/mol. The number of aromatic nitrogens is 5. The number of nitrogens with zero attached hydrogens (tertiary/aromatic N) is 4. The Kier molecular flexibility index (Phi) is 2.71. The van der Waals surface area contributed by atoms with Crippen LogP contribution in [0.4, 0.5) is 0 Å². The van der Waals surface area contributed by atoms with Crippen LogP contribution in [0.1, 0.15) is 5.82 Å². The van der Waals surface area contributed by atoms with Crippen molar-refractivity contribution in [2.75, 3.05) is 0 Å². The molecule has 0 aliphatic rings. The molecule has 0 aromatic carbocycles. The molecule has 2 aromatic heterocycles. The van der Waals surface area contributed by atoms with Gasteiger partial charge in [0.05, 0.1) is 12.7 Å². The van der Waals surface area contributed by atoms with Crippen molar-refractivity contribution in [2.45, 2.75) is 11.4 Å². The van der Waals surface area contributed by atoms with Crippen LogP contribution in [0.2, 0.25) is 0 Å². The minimum Gasteiger partial charge on any atom is -0.284 e. The van der Waals surface area contributed by atoms with E-state index in [-0.39, 0.29) is 11.4 Å². The first-order chi connectivity index (χ1) is 7.58. The second-order valence-corrected chi connectivity index (χ2v) is 4.86. The molecule has 0 aliphatic carbocycles. The molecule has 8 nitrogen and oxygen atoms in total. The highest BCUT2D eigenvalue weighted by atomic mass is 32.2. The Bertz CT molecular complexity index is 557. The summed E-state index contributed by atoms with van der Waals surface area (Å²) in [6.07, 6.45) is 4.03. The Labute approximate surface area is 91.8 Å². The quantitative estimate of drug-likeness (QED) is 0.716. The van der Waals surface area contributed by atoms with Gasteiger partial charge in [-0.05, 0) is 0 Å². The number of rotatable bonds is 4. The normalized spacial score (nSPS) is 11.8. The van der Waals surface area contributed by atoms with Gasteiger partial charge in [0.25, 0.3) is 0 Å². The maximum atomic E-state index is 11.6. The van der Waals surface area contributed by atoms with Crippen LogP contribution >= 0.6 is 0 Å². The summed E-state index contributed by atoms with van der Waals surface area (Å²) < 4.78 is 27.1. The van der Waals surface area contributed by atoms with E-state index < -0.39 is 10.0 Å². The van der Waals surface area contributed by atoms with Crippen molar-refractivity contribution < 1.29 is 8.42 Å². The SMILES string of the molecule is Cn1cnc(CNS(=O)(=O)c2cn[nH]c2)n1. The average Bonchev–Trinajstić information content (AvgIpc) is 2.85. The molecular weight excluding hydrogens is 232 g/mol. The molecule has 0 radical (unpaired) electrons. The smallest absolute Gasteiger partial charge is 0.244 e. The van der Waals surface area contributed by atoms with Crippen molar-refractivity contribution in [1.29, 1.82) is 0 Å². The first-order valence-electron chi connectivity index (χ1n) is 4.41. The van der Waals surface area contributed by atoms with Gasteiger partial charge >= 0.3 is 0 Å². The Morgan fingerprint density at radius 2 is 2.38 bits per heavy atom. The first kappa shape index (κ1) is 10.8. The highest BCUT2D eigenvalue weighted by Crippen LogP contribution is 2.04. The summed E-state index contributed by atoms with van der Waals surface area (Å²) >= 11 is 0. The van der Waals surface area contributed by atoms with Crippen molar-refractivity contribution in [2.24, 2.45) is 7.05 Å². The van der Waals surface area contributed by atoms with Gasteiger partial charge in [-0.2, -0.15) is 10.2 Å². The highest BCUT2D eigenvalue weighted by molar-refractivity contribution is 7.89. The molecule has 0 saturated carbocycles. The number of aryl methyl sites for hydroxylation is 1. The summed E-state index contributed by atoms with van der Waals surface area (Å²) in [6.45, 7) is 0.0500. The largest absolute Gasteiger partial charge is 0.284 e. The Hall–Kier alpha value is -1.74. The molecule has 86 valence electrons. The molecule has 0 unspecified atom stereocenters. The van der Waals surface area contributed by atoms with Gasteiger partial charge in [0.1, 0.15) is 11.2 Å². The molecule has 16 heavy (non-hydrogen) atoms. The van der Waals surface area contributed by atoms with Gasteiger partial charge in [0, 0.05) is 13.2 Å². The zero-order valence-electron chi connectivity index (χ0n) is 8.45. The third-order valence-electron chi connectivity index (χ3n) is 1.85. The molecule has 0 amide bonds. The molecule has 2 rings (SSSR count). The minimum absolute atomic E-state index is 0.0500. The summed E-state index contributed by atoms with van der Waals surface area (Å²) in [6, 6.07) is 0. The summed E-state index contributed by atoms with van der Waals surface area (Å²) in [4.78, 5) is 3.99. The lowest BCUT2D eigenvalue weighted by Gasteiger charge is -2.00. The molecule has 0 fully saturated rings. The molecule has 0 atom stereocenters. The second kappa shape index (κ2) is 4.02. The van der Waals surface area contributed by atoms with E-state index in [1.165, 1.54) is 23.4 Å². The van der Waals surface area contributed by atoms with Gasteiger partial charge in [0.15, 0.2) is 5.82 Å². The lowest BCUT2D eigenvalue weighted by molar-refractivity contribution is 0.578. The van der Waals surface area contributed by atoms with E-state index in [0.29, 0.717) is 5.82 Å². The van der Waals surface area contributed by atoms with E-state index in [9.17, 15) is 8.42 Å². The number of sulfonamides is 1. The van der Waals surface area contributed by atoms with Crippen LogP contribution in [0, 0.1) is 0 Å². The standard InChI is InChI=1S/C7H10N6O2S/c1-13-5-8-7(12-13)4-11-16(14,15)6-2-9-10-3-6/h2-3,5,11H,4H2,1H3,(H,9,10). The second-order valence-electron chi connectivity index (χ2n) is 3.09. The van der Waals surface area contributed by atoms with E-state index in [4.69, 9.17) is 0 Å². The van der Waals surface area contributed by atoms with Crippen LogP contribution in [0.5, 0.6) is 0 Å². The van der Waals surface area contributed by atoms with Crippen molar-refractivity contribution >= 4 is 10.0 Å². The van der Waals surface area contributed by atoms with E-state index in [0.717, 1.165) is 0 Å².